The van der Waals surface area contributed by atoms with E-state index < -0.39 is 0 Å². The second kappa shape index (κ2) is 7.24. The van der Waals surface area contributed by atoms with Crippen molar-refractivity contribution >= 4 is 0 Å². The third-order valence-corrected chi connectivity index (χ3v) is 3.74. The maximum atomic E-state index is 5.69. The molecule has 1 unspecified atom stereocenters. The van der Waals surface area contributed by atoms with E-state index in [1.54, 1.807) is 0 Å². The molecule has 1 fully saturated rings. The first-order valence-electron chi connectivity index (χ1n) is 6.70. The lowest BCUT2D eigenvalue weighted by atomic mass is 9.88. The number of hydrogen-bond acceptors (Lipinski definition) is 2. The van der Waals surface area contributed by atoms with Crippen LogP contribution >= 0.6 is 0 Å². The summed E-state index contributed by atoms with van der Waals surface area (Å²) in [6.45, 7) is 4.58. The standard InChI is InChI=1S/C13H28N2/c1-11(2)9-10-13(15-14)12-7-5-3-4-6-8-12/h11-13,15H,3-10,14H2,1-2H3. The van der Waals surface area contributed by atoms with Crippen molar-refractivity contribution in [1.29, 1.82) is 0 Å². The van der Waals surface area contributed by atoms with E-state index in [4.69, 9.17) is 5.84 Å². The fraction of sp³-hybridized carbons (Fsp3) is 1.00. The number of rotatable bonds is 5. The minimum Gasteiger partial charge on any atom is -0.271 e. The summed E-state index contributed by atoms with van der Waals surface area (Å²) in [5.41, 5.74) is 3.05. The summed E-state index contributed by atoms with van der Waals surface area (Å²) in [7, 11) is 0. The van der Waals surface area contributed by atoms with E-state index in [9.17, 15) is 0 Å². The molecule has 0 aromatic carbocycles. The van der Waals surface area contributed by atoms with Gasteiger partial charge in [-0.1, -0.05) is 39.5 Å². The van der Waals surface area contributed by atoms with Crippen LogP contribution in [0, 0.1) is 11.8 Å². The zero-order valence-electron chi connectivity index (χ0n) is 10.5. The van der Waals surface area contributed by atoms with Crippen LogP contribution < -0.4 is 11.3 Å². The molecule has 0 saturated heterocycles. The van der Waals surface area contributed by atoms with Crippen molar-refractivity contribution in [1.82, 2.24) is 5.43 Å². The van der Waals surface area contributed by atoms with Gasteiger partial charge in [0.15, 0.2) is 0 Å². The lowest BCUT2D eigenvalue weighted by Crippen LogP contribution is -2.41. The minimum atomic E-state index is 0.561. The zero-order chi connectivity index (χ0) is 11.1. The van der Waals surface area contributed by atoms with Gasteiger partial charge in [0.05, 0.1) is 0 Å². The third kappa shape index (κ3) is 4.98. The van der Waals surface area contributed by atoms with Gasteiger partial charge in [-0.25, -0.2) is 0 Å². The summed E-state index contributed by atoms with van der Waals surface area (Å²) in [5.74, 6) is 7.32. The van der Waals surface area contributed by atoms with E-state index in [0.717, 1.165) is 11.8 Å². The summed E-state index contributed by atoms with van der Waals surface area (Å²) in [4.78, 5) is 0. The Hall–Kier alpha value is -0.0800. The van der Waals surface area contributed by atoms with Gasteiger partial charge in [0, 0.05) is 6.04 Å². The van der Waals surface area contributed by atoms with Crippen LogP contribution in [0.1, 0.15) is 65.2 Å². The highest BCUT2D eigenvalue weighted by Crippen LogP contribution is 2.27. The van der Waals surface area contributed by atoms with Gasteiger partial charge in [0.2, 0.25) is 0 Å². The first-order valence-corrected chi connectivity index (χ1v) is 6.70. The highest BCUT2D eigenvalue weighted by Gasteiger charge is 2.21. The number of nitrogens with one attached hydrogen (secondary N) is 1. The molecular weight excluding hydrogens is 184 g/mol. The highest BCUT2D eigenvalue weighted by atomic mass is 15.2. The van der Waals surface area contributed by atoms with Crippen LogP contribution in [-0.4, -0.2) is 6.04 Å². The number of nitrogens with two attached hydrogens (primary N) is 1. The molecule has 1 saturated carbocycles. The van der Waals surface area contributed by atoms with Crippen molar-refractivity contribution in [3.8, 4) is 0 Å². The molecule has 1 rings (SSSR count). The molecule has 1 aliphatic carbocycles. The SMILES string of the molecule is CC(C)CCC(NN)C1CCCCCC1. The summed E-state index contributed by atoms with van der Waals surface area (Å²) in [5, 5.41) is 0. The van der Waals surface area contributed by atoms with Crippen LogP contribution in [0.15, 0.2) is 0 Å². The van der Waals surface area contributed by atoms with Gasteiger partial charge in [-0.3, -0.25) is 11.3 Å². The smallest absolute Gasteiger partial charge is 0.0238 e. The van der Waals surface area contributed by atoms with Gasteiger partial charge in [-0.2, -0.15) is 0 Å². The molecule has 0 heterocycles. The quantitative estimate of drug-likeness (QED) is 0.417. The van der Waals surface area contributed by atoms with Crippen molar-refractivity contribution in [3.63, 3.8) is 0 Å². The molecule has 3 N–H and O–H groups in total. The molecule has 0 amide bonds. The molecule has 0 aromatic heterocycles. The normalized spacial score (nSPS) is 21.6. The first-order chi connectivity index (χ1) is 7.24. The second-order valence-corrected chi connectivity index (χ2v) is 5.50. The highest BCUT2D eigenvalue weighted by molar-refractivity contribution is 4.77. The van der Waals surface area contributed by atoms with E-state index in [2.05, 4.69) is 19.3 Å². The maximum Gasteiger partial charge on any atom is 0.0238 e. The van der Waals surface area contributed by atoms with Crippen molar-refractivity contribution in [2.75, 3.05) is 0 Å². The van der Waals surface area contributed by atoms with Crippen molar-refractivity contribution < 1.29 is 0 Å². The molecule has 15 heavy (non-hydrogen) atoms. The Bertz CT molecular complexity index is 149. The van der Waals surface area contributed by atoms with E-state index in [0.29, 0.717) is 6.04 Å². The van der Waals surface area contributed by atoms with Gasteiger partial charge in [-0.15, -0.1) is 0 Å². The van der Waals surface area contributed by atoms with Gasteiger partial charge in [0.25, 0.3) is 0 Å². The van der Waals surface area contributed by atoms with E-state index in [-0.39, 0.29) is 0 Å². The Kier molecular flexibility index (Phi) is 6.26. The Morgan fingerprint density at radius 2 is 1.67 bits per heavy atom. The molecule has 0 spiro atoms. The average molecular weight is 212 g/mol. The monoisotopic (exact) mass is 212 g/mol. The molecule has 2 heteroatoms. The second-order valence-electron chi connectivity index (χ2n) is 5.50. The van der Waals surface area contributed by atoms with E-state index in [1.807, 2.05) is 0 Å². The summed E-state index contributed by atoms with van der Waals surface area (Å²) < 4.78 is 0. The molecule has 1 aliphatic rings. The summed E-state index contributed by atoms with van der Waals surface area (Å²) in [6.07, 6.45) is 11.0. The van der Waals surface area contributed by atoms with Crippen LogP contribution in [0.4, 0.5) is 0 Å². The molecule has 0 aromatic rings. The van der Waals surface area contributed by atoms with Crippen molar-refractivity contribution in [2.45, 2.75) is 71.3 Å². The summed E-state index contributed by atoms with van der Waals surface area (Å²) in [6, 6.07) is 0.561. The first kappa shape index (κ1) is 13.0. The third-order valence-electron chi connectivity index (χ3n) is 3.74. The molecular formula is C13H28N2. The molecule has 0 bridgehead atoms. The van der Waals surface area contributed by atoms with Gasteiger partial charge in [-0.05, 0) is 37.5 Å². The van der Waals surface area contributed by atoms with Crippen LogP contribution in [0.2, 0.25) is 0 Å². The minimum absolute atomic E-state index is 0.561. The lowest BCUT2D eigenvalue weighted by molar-refractivity contribution is 0.292. The lowest BCUT2D eigenvalue weighted by Gasteiger charge is -2.26. The Morgan fingerprint density at radius 1 is 1.07 bits per heavy atom. The largest absolute Gasteiger partial charge is 0.271 e. The van der Waals surface area contributed by atoms with Crippen molar-refractivity contribution in [2.24, 2.45) is 17.7 Å². The number of hydrazine groups is 1. The van der Waals surface area contributed by atoms with Gasteiger partial charge < -0.3 is 0 Å². The van der Waals surface area contributed by atoms with E-state index >= 15 is 0 Å². The maximum absolute atomic E-state index is 5.69. The van der Waals surface area contributed by atoms with E-state index in [1.165, 1.54) is 51.4 Å². The fourth-order valence-electron chi connectivity index (χ4n) is 2.68. The Balaban J connectivity index is 2.34. The predicted molar refractivity (Wildman–Crippen MR) is 66.4 cm³/mol. The van der Waals surface area contributed by atoms with Gasteiger partial charge >= 0.3 is 0 Å². The predicted octanol–water partition coefficient (Wildman–Crippen LogP) is 3.22. The summed E-state index contributed by atoms with van der Waals surface area (Å²) >= 11 is 0. The Labute approximate surface area is 95.0 Å². The molecule has 90 valence electrons. The van der Waals surface area contributed by atoms with Gasteiger partial charge in [0.1, 0.15) is 0 Å². The number of hydrogen-bond donors (Lipinski definition) is 2. The zero-order valence-corrected chi connectivity index (χ0v) is 10.5. The molecule has 2 nitrogen and oxygen atoms in total. The Morgan fingerprint density at radius 3 is 2.13 bits per heavy atom. The van der Waals surface area contributed by atoms with Crippen LogP contribution in [0.3, 0.4) is 0 Å². The van der Waals surface area contributed by atoms with Crippen LogP contribution in [0.25, 0.3) is 0 Å². The molecule has 0 radical (unpaired) electrons. The molecule has 1 atom stereocenters. The van der Waals surface area contributed by atoms with Crippen LogP contribution in [0.5, 0.6) is 0 Å². The topological polar surface area (TPSA) is 38.0 Å². The molecule has 0 aliphatic heterocycles. The fourth-order valence-corrected chi connectivity index (χ4v) is 2.68. The average Bonchev–Trinajstić information content (AvgIpc) is 2.47. The van der Waals surface area contributed by atoms with Crippen LogP contribution in [-0.2, 0) is 0 Å². The van der Waals surface area contributed by atoms with Crippen molar-refractivity contribution in [3.05, 3.63) is 0 Å².